The molecule has 0 aromatic carbocycles. The molecule has 2 nitrogen and oxygen atoms in total. The molecule has 2 bridgehead atoms. The van der Waals surface area contributed by atoms with Crippen LogP contribution >= 0.6 is 0 Å². The van der Waals surface area contributed by atoms with Crippen molar-refractivity contribution in [1.29, 1.82) is 0 Å². The van der Waals surface area contributed by atoms with Crippen LogP contribution in [0.2, 0.25) is 0 Å². The minimum Gasteiger partial charge on any atom is -0.299 e. The molecule has 0 aromatic heterocycles. The second-order valence-corrected chi connectivity index (χ2v) is 4.06. The van der Waals surface area contributed by atoms with Crippen molar-refractivity contribution in [3.63, 3.8) is 0 Å². The summed E-state index contributed by atoms with van der Waals surface area (Å²) < 4.78 is 0. The van der Waals surface area contributed by atoms with E-state index in [1.807, 2.05) is 0 Å². The van der Waals surface area contributed by atoms with E-state index in [0.717, 1.165) is 24.8 Å². The van der Waals surface area contributed by atoms with Gasteiger partial charge in [0.05, 0.1) is 6.42 Å². The van der Waals surface area contributed by atoms with Crippen LogP contribution in [-0.2, 0) is 9.59 Å². The van der Waals surface area contributed by atoms with Gasteiger partial charge in [0.1, 0.15) is 5.78 Å². The Balaban J connectivity index is 2.18. The van der Waals surface area contributed by atoms with Crippen LogP contribution in [0, 0.1) is 11.8 Å². The minimum atomic E-state index is 0.0428. The molecule has 0 aromatic rings. The van der Waals surface area contributed by atoms with Gasteiger partial charge in [0.25, 0.3) is 0 Å². The second kappa shape index (κ2) is 1.87. The number of Topliss-reactive ketones (excluding diaryl/α,β-unsaturated/α-hetero) is 2. The van der Waals surface area contributed by atoms with Crippen LogP contribution in [0.3, 0.4) is 0 Å². The highest BCUT2D eigenvalue weighted by Crippen LogP contribution is 2.52. The van der Waals surface area contributed by atoms with Crippen molar-refractivity contribution in [2.24, 2.45) is 11.8 Å². The van der Waals surface area contributed by atoms with Crippen LogP contribution in [0.25, 0.3) is 0 Å². The summed E-state index contributed by atoms with van der Waals surface area (Å²) in [5.74, 6) is 0.868. The third kappa shape index (κ3) is 0.576. The Morgan fingerprint density at radius 3 is 2.83 bits per heavy atom. The molecular weight excluding hydrogens is 152 g/mol. The van der Waals surface area contributed by atoms with Crippen molar-refractivity contribution in [2.75, 3.05) is 0 Å². The van der Waals surface area contributed by atoms with Crippen molar-refractivity contribution in [1.82, 2.24) is 0 Å². The maximum absolute atomic E-state index is 11.4. The summed E-state index contributed by atoms with van der Waals surface area (Å²) in [6.07, 6.45) is 3.45. The summed E-state index contributed by atoms with van der Waals surface area (Å²) >= 11 is 0. The predicted molar refractivity (Wildman–Crippen MR) is 42.5 cm³/mol. The van der Waals surface area contributed by atoms with E-state index in [4.69, 9.17) is 0 Å². The van der Waals surface area contributed by atoms with Gasteiger partial charge in [0.15, 0.2) is 5.78 Å². The molecule has 0 heterocycles. The second-order valence-electron chi connectivity index (χ2n) is 4.06. The Morgan fingerprint density at radius 2 is 2.08 bits per heavy atom. The fourth-order valence-corrected chi connectivity index (χ4v) is 3.02. The molecule has 2 saturated carbocycles. The monoisotopic (exact) mass is 162 g/mol. The van der Waals surface area contributed by atoms with Gasteiger partial charge < -0.3 is 0 Å². The SMILES string of the molecule is O=C1CC(=O)C2C1=C1CCC2C1. The van der Waals surface area contributed by atoms with Gasteiger partial charge in [-0.15, -0.1) is 0 Å². The molecule has 0 aliphatic heterocycles. The molecular formula is C10H10O2. The van der Waals surface area contributed by atoms with Gasteiger partial charge in [0.2, 0.25) is 0 Å². The lowest BCUT2D eigenvalue weighted by molar-refractivity contribution is -0.123. The first-order chi connectivity index (χ1) is 5.77. The van der Waals surface area contributed by atoms with Crippen LogP contribution in [0.4, 0.5) is 0 Å². The molecule has 0 amide bonds. The largest absolute Gasteiger partial charge is 0.299 e. The maximum Gasteiger partial charge on any atom is 0.166 e. The van der Waals surface area contributed by atoms with Crippen LogP contribution in [0.5, 0.6) is 0 Å². The van der Waals surface area contributed by atoms with E-state index in [9.17, 15) is 9.59 Å². The van der Waals surface area contributed by atoms with E-state index in [1.54, 1.807) is 0 Å². The average Bonchev–Trinajstić information content (AvgIpc) is 2.64. The lowest BCUT2D eigenvalue weighted by Gasteiger charge is -2.14. The van der Waals surface area contributed by atoms with Crippen molar-refractivity contribution < 1.29 is 9.59 Å². The molecule has 0 spiro atoms. The first-order valence-electron chi connectivity index (χ1n) is 4.55. The van der Waals surface area contributed by atoms with Crippen molar-refractivity contribution >= 4 is 11.6 Å². The molecule has 2 fully saturated rings. The number of carbonyl (C=O) groups excluding carboxylic acids is 2. The zero-order chi connectivity index (χ0) is 8.29. The van der Waals surface area contributed by atoms with Gasteiger partial charge in [-0.3, -0.25) is 9.59 Å². The maximum atomic E-state index is 11.4. The lowest BCUT2D eigenvalue weighted by Crippen LogP contribution is -2.15. The summed E-state index contributed by atoms with van der Waals surface area (Å²) in [5, 5.41) is 0. The van der Waals surface area contributed by atoms with E-state index in [1.165, 1.54) is 5.57 Å². The van der Waals surface area contributed by atoms with Crippen molar-refractivity contribution in [3.05, 3.63) is 11.1 Å². The molecule has 62 valence electrons. The van der Waals surface area contributed by atoms with E-state index < -0.39 is 0 Å². The highest BCUT2D eigenvalue weighted by Gasteiger charge is 2.49. The van der Waals surface area contributed by atoms with Gasteiger partial charge in [-0.05, 0) is 25.2 Å². The Kier molecular flexibility index (Phi) is 1.03. The Bertz CT molecular complexity index is 325. The molecule has 2 atom stereocenters. The number of ketones is 2. The molecule has 3 aliphatic rings. The number of allylic oxidation sites excluding steroid dienone is 2. The van der Waals surface area contributed by atoms with Gasteiger partial charge in [-0.1, -0.05) is 5.57 Å². The van der Waals surface area contributed by atoms with Crippen molar-refractivity contribution in [2.45, 2.75) is 25.7 Å². The minimum absolute atomic E-state index is 0.0428. The molecule has 0 N–H and O–H groups in total. The zero-order valence-electron chi connectivity index (χ0n) is 6.80. The van der Waals surface area contributed by atoms with Crippen LogP contribution in [-0.4, -0.2) is 11.6 Å². The van der Waals surface area contributed by atoms with Gasteiger partial charge in [-0.2, -0.15) is 0 Å². The Labute approximate surface area is 70.6 Å². The number of rotatable bonds is 0. The molecule has 3 rings (SSSR count). The van der Waals surface area contributed by atoms with Crippen LogP contribution in [0.1, 0.15) is 25.7 Å². The topological polar surface area (TPSA) is 34.1 Å². The third-order valence-electron chi connectivity index (χ3n) is 3.47. The standard InChI is InChI=1S/C10H10O2/c11-7-4-8(12)10-6-2-1-5(3-6)9(7)10/h5,9H,1-4H2. The number of hydrogen-bond acceptors (Lipinski definition) is 2. The normalized spacial score (nSPS) is 38.3. The quantitative estimate of drug-likeness (QED) is 0.502. The first kappa shape index (κ1) is 6.58. The molecule has 0 saturated heterocycles. The molecule has 3 aliphatic carbocycles. The fourth-order valence-electron chi connectivity index (χ4n) is 3.02. The van der Waals surface area contributed by atoms with Crippen LogP contribution in [0.15, 0.2) is 11.1 Å². The Hall–Kier alpha value is -0.920. The smallest absolute Gasteiger partial charge is 0.166 e. The number of carbonyl (C=O) groups is 2. The van der Waals surface area contributed by atoms with Crippen molar-refractivity contribution in [3.8, 4) is 0 Å². The predicted octanol–water partition coefficient (Wildman–Crippen LogP) is 1.25. The number of fused-ring (bicyclic) bond motifs is 4. The third-order valence-corrected chi connectivity index (χ3v) is 3.47. The molecule has 0 radical (unpaired) electrons. The number of hydrogen-bond donors (Lipinski definition) is 0. The van der Waals surface area contributed by atoms with Gasteiger partial charge >= 0.3 is 0 Å². The first-order valence-corrected chi connectivity index (χ1v) is 4.55. The summed E-state index contributed by atoms with van der Waals surface area (Å²) in [6, 6.07) is 0. The lowest BCUT2D eigenvalue weighted by atomic mass is 9.88. The summed E-state index contributed by atoms with van der Waals surface area (Å²) in [7, 11) is 0. The average molecular weight is 162 g/mol. The highest BCUT2D eigenvalue weighted by molar-refractivity contribution is 6.19. The van der Waals surface area contributed by atoms with E-state index in [-0.39, 0.29) is 23.9 Å². The fraction of sp³-hybridized carbons (Fsp3) is 0.600. The summed E-state index contributed by atoms with van der Waals surface area (Å²) in [6.45, 7) is 0. The van der Waals surface area contributed by atoms with Crippen LogP contribution < -0.4 is 0 Å². The van der Waals surface area contributed by atoms with E-state index >= 15 is 0 Å². The summed E-state index contributed by atoms with van der Waals surface area (Å²) in [5.41, 5.74) is 2.23. The summed E-state index contributed by atoms with van der Waals surface area (Å²) in [4.78, 5) is 22.8. The molecule has 12 heavy (non-hydrogen) atoms. The van der Waals surface area contributed by atoms with E-state index in [2.05, 4.69) is 0 Å². The highest BCUT2D eigenvalue weighted by atomic mass is 16.2. The zero-order valence-corrected chi connectivity index (χ0v) is 6.80. The van der Waals surface area contributed by atoms with Gasteiger partial charge in [0, 0.05) is 11.5 Å². The molecule has 2 heteroatoms. The molecule has 2 unspecified atom stereocenters. The van der Waals surface area contributed by atoms with E-state index in [0.29, 0.717) is 5.92 Å². The van der Waals surface area contributed by atoms with Gasteiger partial charge in [-0.25, -0.2) is 0 Å². The Morgan fingerprint density at radius 1 is 1.25 bits per heavy atom.